The lowest BCUT2D eigenvalue weighted by atomic mass is 9.99. The minimum atomic E-state index is 0.159. The normalized spacial score (nSPS) is 15.2. The number of hydrogen-bond acceptors (Lipinski definition) is 8. The summed E-state index contributed by atoms with van der Waals surface area (Å²) in [5.74, 6) is 1.57. The largest absolute Gasteiger partial charge is 0.371 e. The molecule has 312 valence electrons. The minimum absolute atomic E-state index is 0.159. The van der Waals surface area contributed by atoms with Crippen LogP contribution in [0.2, 0.25) is 15.1 Å². The second kappa shape index (κ2) is 20.4. The molecule has 6 aromatic rings. The summed E-state index contributed by atoms with van der Waals surface area (Å²) in [6, 6.07) is 36.6. The lowest BCUT2D eigenvalue weighted by Gasteiger charge is -2.37. The van der Waals surface area contributed by atoms with Crippen molar-refractivity contribution in [2.75, 3.05) is 41.7 Å². The van der Waals surface area contributed by atoms with Gasteiger partial charge < -0.3 is 31.5 Å². The summed E-state index contributed by atoms with van der Waals surface area (Å²) >= 11 is 18.1. The number of rotatable bonds is 7. The van der Waals surface area contributed by atoms with Crippen molar-refractivity contribution < 1.29 is 0 Å². The molecule has 8 nitrogen and oxygen atoms in total. The minimum Gasteiger partial charge on any atom is -0.371 e. The quantitative estimate of drug-likeness (QED) is 0.109. The zero-order valence-electron chi connectivity index (χ0n) is 35.2. The van der Waals surface area contributed by atoms with Gasteiger partial charge in [-0.05, 0) is 141 Å². The van der Waals surface area contributed by atoms with Crippen LogP contribution < -0.4 is 31.5 Å². The van der Waals surface area contributed by atoms with Gasteiger partial charge in [-0.2, -0.15) is 0 Å². The number of hydrogen-bond donors (Lipinski definition) is 5. The number of nitrogens with zero attached hydrogens (tertiary/aromatic N) is 3. The zero-order chi connectivity index (χ0) is 42.0. The van der Waals surface area contributed by atoms with E-state index in [1.807, 2.05) is 84.9 Å². The van der Waals surface area contributed by atoms with Crippen molar-refractivity contribution in [1.29, 1.82) is 0 Å². The van der Waals surface area contributed by atoms with Crippen molar-refractivity contribution in [2.45, 2.75) is 90.4 Å². The van der Waals surface area contributed by atoms with Crippen LogP contribution in [0.4, 0.5) is 28.7 Å². The molecule has 0 radical (unpaired) electrons. The number of nitrogens with one attached hydrogen (secondary N) is 5. The van der Waals surface area contributed by atoms with Crippen molar-refractivity contribution >= 4 is 85.3 Å². The second-order valence-electron chi connectivity index (χ2n) is 17.4. The van der Waals surface area contributed by atoms with Crippen LogP contribution in [-0.4, -0.2) is 59.3 Å². The Hall–Kier alpha value is -4.15. The molecule has 2 aromatic heterocycles. The van der Waals surface area contributed by atoms with Crippen LogP contribution in [0.3, 0.4) is 0 Å². The van der Waals surface area contributed by atoms with Gasteiger partial charge in [0.15, 0.2) is 0 Å². The number of piperidine rings is 2. The monoisotopic (exact) mass is 852 g/mol. The van der Waals surface area contributed by atoms with Gasteiger partial charge in [0.2, 0.25) is 0 Å². The number of anilines is 5. The van der Waals surface area contributed by atoms with Crippen molar-refractivity contribution in [3.05, 3.63) is 124 Å². The summed E-state index contributed by atoms with van der Waals surface area (Å²) in [5.41, 5.74) is 5.47. The first-order chi connectivity index (χ1) is 28.2. The average molecular weight is 854 g/mol. The summed E-state index contributed by atoms with van der Waals surface area (Å²) in [6.45, 7) is 17.9. The van der Waals surface area contributed by atoms with E-state index in [4.69, 9.17) is 39.8 Å². The highest BCUT2D eigenvalue weighted by molar-refractivity contribution is 6.35. The predicted molar refractivity (Wildman–Crippen MR) is 255 cm³/mol. The fraction of sp³-hybridized carbons (Fsp3) is 0.375. The molecule has 8 rings (SSSR count). The van der Waals surface area contributed by atoms with E-state index in [0.717, 1.165) is 70.6 Å². The third-order valence-electron chi connectivity index (χ3n) is 10.0. The highest BCUT2D eigenvalue weighted by Crippen LogP contribution is 2.32. The van der Waals surface area contributed by atoms with Crippen molar-refractivity contribution in [1.82, 2.24) is 25.9 Å². The first kappa shape index (κ1) is 44.4. The highest BCUT2D eigenvalue weighted by Gasteiger charge is 2.24. The summed E-state index contributed by atoms with van der Waals surface area (Å²) < 4.78 is 0. The number of fused-ring (bicyclic) bond motifs is 2. The lowest BCUT2D eigenvalue weighted by Crippen LogP contribution is -2.49. The maximum atomic E-state index is 6.25. The van der Waals surface area contributed by atoms with Gasteiger partial charge in [-0.3, -0.25) is 0 Å². The van der Waals surface area contributed by atoms with Crippen LogP contribution >= 0.6 is 34.8 Å². The van der Waals surface area contributed by atoms with E-state index in [-0.39, 0.29) is 11.1 Å². The van der Waals surface area contributed by atoms with Gasteiger partial charge in [0.05, 0.1) is 16.1 Å². The fourth-order valence-corrected chi connectivity index (χ4v) is 8.01. The summed E-state index contributed by atoms with van der Waals surface area (Å²) in [5, 5.41) is 21.6. The molecule has 2 aliphatic heterocycles. The molecule has 2 aliphatic rings. The molecule has 4 heterocycles. The van der Waals surface area contributed by atoms with E-state index in [9.17, 15) is 0 Å². The predicted octanol–water partition coefficient (Wildman–Crippen LogP) is 12.4. The van der Waals surface area contributed by atoms with Crippen LogP contribution in [0.25, 0.3) is 21.8 Å². The summed E-state index contributed by atoms with van der Waals surface area (Å²) in [7, 11) is 0. The Kier molecular flexibility index (Phi) is 15.4. The van der Waals surface area contributed by atoms with E-state index in [0.29, 0.717) is 21.9 Å². The standard InChI is InChI=1S/C24H29ClN4.C15H10Cl2N2.C9H20N2/c1-24(2,3)28-19-12-14-29(15-13-19)22-16-23(26-18-10-8-17(25)9-11-18)27-21-7-5-4-6-20(21)22;16-10-5-7-11(8-6-10)18-15-9-13(17)12-3-1-2-4-14(12)19-15;1-9(2,3)11-8-4-6-10-7-5-8/h4-11,16,19,28H,12-15H2,1-3H3,(H,26,27);1-9H,(H,18,19);8,10-11H,4-7H2,1-3H3. The Morgan fingerprint density at radius 1 is 0.559 bits per heavy atom. The van der Waals surface area contributed by atoms with Crippen LogP contribution in [0.5, 0.6) is 0 Å². The molecular weight excluding hydrogens is 795 g/mol. The van der Waals surface area contributed by atoms with Crippen LogP contribution in [0.1, 0.15) is 67.2 Å². The molecule has 0 saturated carbocycles. The Morgan fingerprint density at radius 3 is 1.51 bits per heavy atom. The van der Waals surface area contributed by atoms with Gasteiger partial charge in [0.25, 0.3) is 0 Å². The first-order valence-electron chi connectivity index (χ1n) is 20.7. The Bertz CT molecular complexity index is 2240. The Labute approximate surface area is 365 Å². The maximum absolute atomic E-state index is 6.25. The van der Waals surface area contributed by atoms with Crippen LogP contribution in [0, 0.1) is 0 Å². The molecule has 11 heteroatoms. The molecule has 0 atom stereocenters. The average Bonchev–Trinajstić information content (AvgIpc) is 3.19. The topological polar surface area (TPSA) is 89.2 Å². The summed E-state index contributed by atoms with van der Waals surface area (Å²) in [6.07, 6.45) is 4.84. The molecule has 0 aliphatic carbocycles. The SMILES string of the molecule is CC(C)(C)NC1CCN(c2cc(Nc3ccc(Cl)cc3)nc3ccccc23)CC1.CC(C)(C)NC1CCNCC1.Clc1ccc(Nc2cc(Cl)c3ccccc3n2)cc1. The zero-order valence-corrected chi connectivity index (χ0v) is 37.4. The Morgan fingerprint density at radius 2 is 1.00 bits per heavy atom. The van der Waals surface area contributed by atoms with E-state index in [1.165, 1.54) is 37.0 Å². The molecule has 0 spiro atoms. The summed E-state index contributed by atoms with van der Waals surface area (Å²) in [4.78, 5) is 11.9. The van der Waals surface area contributed by atoms with Gasteiger partial charge in [-0.1, -0.05) is 71.2 Å². The van der Waals surface area contributed by atoms with Gasteiger partial charge in [0, 0.05) is 86.3 Å². The molecule has 0 unspecified atom stereocenters. The van der Waals surface area contributed by atoms with Gasteiger partial charge in [-0.25, -0.2) is 9.97 Å². The fourth-order valence-electron chi connectivity index (χ4n) is 7.50. The van der Waals surface area contributed by atoms with Crippen molar-refractivity contribution in [3.63, 3.8) is 0 Å². The first-order valence-corrected chi connectivity index (χ1v) is 21.8. The van der Waals surface area contributed by atoms with Gasteiger partial charge >= 0.3 is 0 Å². The van der Waals surface area contributed by atoms with Crippen LogP contribution in [0.15, 0.2) is 109 Å². The van der Waals surface area contributed by atoms with E-state index in [1.54, 1.807) is 0 Å². The lowest BCUT2D eigenvalue weighted by molar-refractivity contribution is 0.304. The Balaban J connectivity index is 0.000000166. The second-order valence-corrected chi connectivity index (χ2v) is 18.7. The molecule has 59 heavy (non-hydrogen) atoms. The number of aromatic nitrogens is 2. The molecule has 4 aromatic carbocycles. The van der Waals surface area contributed by atoms with Crippen molar-refractivity contribution in [3.8, 4) is 0 Å². The van der Waals surface area contributed by atoms with E-state index < -0.39 is 0 Å². The third-order valence-corrected chi connectivity index (χ3v) is 10.9. The van der Waals surface area contributed by atoms with E-state index >= 15 is 0 Å². The van der Waals surface area contributed by atoms with Crippen molar-refractivity contribution in [2.24, 2.45) is 0 Å². The number of halogens is 3. The molecule has 5 N–H and O–H groups in total. The maximum Gasteiger partial charge on any atom is 0.133 e. The van der Waals surface area contributed by atoms with E-state index in [2.05, 4.69) is 102 Å². The smallest absolute Gasteiger partial charge is 0.133 e. The molecule has 2 fully saturated rings. The highest BCUT2D eigenvalue weighted by atomic mass is 35.5. The molecular formula is C48H59Cl3N8. The molecule has 0 bridgehead atoms. The number of para-hydroxylation sites is 2. The molecule has 2 saturated heterocycles. The number of benzene rings is 4. The van der Waals surface area contributed by atoms with Crippen LogP contribution in [-0.2, 0) is 0 Å². The number of pyridine rings is 2. The molecule has 0 amide bonds. The van der Waals surface area contributed by atoms with Gasteiger partial charge in [-0.15, -0.1) is 0 Å². The van der Waals surface area contributed by atoms with Gasteiger partial charge in [0.1, 0.15) is 11.6 Å². The third kappa shape index (κ3) is 14.0.